The number of fused-ring (bicyclic) bond motifs is 1. The Balaban J connectivity index is 2.12. The van der Waals surface area contributed by atoms with Crippen LogP contribution in [0.5, 0.6) is 11.5 Å². The monoisotopic (exact) mass is 601 g/mol. The highest BCUT2D eigenvalue weighted by Gasteiger charge is 2.27. The quantitative estimate of drug-likeness (QED) is 0.295. The number of ether oxygens (including phenoxy) is 3. The number of rotatable bonds is 5. The van der Waals surface area contributed by atoms with E-state index in [1.165, 1.54) is 0 Å². The molecule has 0 N–H and O–H groups in total. The molecular formula is C22H22Br3NO4. The van der Waals surface area contributed by atoms with E-state index in [0.29, 0.717) is 22.8 Å². The van der Waals surface area contributed by atoms with Gasteiger partial charge in [0.2, 0.25) is 0 Å². The lowest BCUT2D eigenvalue weighted by Gasteiger charge is -2.20. The number of halogens is 3. The molecule has 3 rings (SSSR count). The van der Waals surface area contributed by atoms with E-state index in [0.717, 1.165) is 24.3 Å². The minimum atomic E-state index is -0.619. The second-order valence-electron chi connectivity index (χ2n) is 7.75. The Morgan fingerprint density at radius 3 is 2.30 bits per heavy atom. The van der Waals surface area contributed by atoms with Crippen molar-refractivity contribution in [3.05, 3.63) is 55.0 Å². The molecule has 3 aromatic rings. The van der Waals surface area contributed by atoms with Crippen molar-refractivity contribution in [2.75, 3.05) is 7.11 Å². The van der Waals surface area contributed by atoms with Crippen LogP contribution in [0.1, 0.15) is 36.8 Å². The minimum Gasteiger partial charge on any atom is -0.496 e. The maximum absolute atomic E-state index is 13.2. The van der Waals surface area contributed by atoms with Gasteiger partial charge in [-0.1, -0.05) is 15.9 Å². The molecular weight excluding hydrogens is 582 g/mol. The van der Waals surface area contributed by atoms with Crippen LogP contribution in [0.4, 0.5) is 0 Å². The van der Waals surface area contributed by atoms with E-state index in [1.54, 1.807) is 7.11 Å². The van der Waals surface area contributed by atoms with Crippen LogP contribution < -0.4 is 9.47 Å². The highest BCUT2D eigenvalue weighted by atomic mass is 79.9. The van der Waals surface area contributed by atoms with Gasteiger partial charge < -0.3 is 18.8 Å². The highest BCUT2D eigenvalue weighted by Crippen LogP contribution is 2.36. The van der Waals surface area contributed by atoms with E-state index < -0.39 is 11.6 Å². The summed E-state index contributed by atoms with van der Waals surface area (Å²) in [7, 11) is 3.50. The van der Waals surface area contributed by atoms with Gasteiger partial charge in [0.1, 0.15) is 23.7 Å². The van der Waals surface area contributed by atoms with Crippen molar-refractivity contribution in [1.82, 2.24) is 4.57 Å². The van der Waals surface area contributed by atoms with Crippen LogP contribution in [0.3, 0.4) is 0 Å². The molecule has 0 aliphatic carbocycles. The van der Waals surface area contributed by atoms with Gasteiger partial charge in [0.05, 0.1) is 32.8 Å². The van der Waals surface area contributed by atoms with Crippen LogP contribution in [0.2, 0.25) is 0 Å². The molecule has 0 aliphatic rings. The van der Waals surface area contributed by atoms with Gasteiger partial charge in [-0.15, -0.1) is 0 Å². The van der Waals surface area contributed by atoms with Gasteiger partial charge >= 0.3 is 5.97 Å². The van der Waals surface area contributed by atoms with Crippen LogP contribution in [0.25, 0.3) is 10.9 Å². The van der Waals surface area contributed by atoms with E-state index in [2.05, 4.69) is 47.8 Å². The second-order valence-corrected chi connectivity index (χ2v) is 10.4. The summed E-state index contributed by atoms with van der Waals surface area (Å²) in [4.78, 5) is 13.2. The molecule has 30 heavy (non-hydrogen) atoms. The van der Waals surface area contributed by atoms with Crippen molar-refractivity contribution in [2.45, 2.75) is 33.0 Å². The number of hydrogen-bond donors (Lipinski definition) is 0. The SMILES string of the molecule is COc1cc2c(C(=O)OC(C)(C)C)c(COc3ccc(Br)cc3Br)n(C)c2cc1Br. The van der Waals surface area contributed by atoms with Gasteiger partial charge in [-0.25, -0.2) is 4.79 Å². The molecule has 0 saturated carbocycles. The molecule has 1 heterocycles. The molecule has 0 spiro atoms. The van der Waals surface area contributed by atoms with Crippen LogP contribution in [0.15, 0.2) is 43.7 Å². The number of esters is 1. The van der Waals surface area contributed by atoms with E-state index in [1.807, 2.05) is 62.7 Å². The van der Waals surface area contributed by atoms with Gasteiger partial charge in [0.15, 0.2) is 0 Å². The zero-order chi connectivity index (χ0) is 22.2. The molecule has 160 valence electrons. The number of carbonyl (C=O) groups excluding carboxylic acids is 1. The Labute approximate surface area is 201 Å². The van der Waals surface area contributed by atoms with Gasteiger partial charge in [-0.05, 0) is 83.0 Å². The third-order valence-electron chi connectivity index (χ3n) is 4.46. The minimum absolute atomic E-state index is 0.194. The Kier molecular flexibility index (Phi) is 6.89. The fourth-order valence-electron chi connectivity index (χ4n) is 3.11. The fraction of sp³-hybridized carbons (Fsp3) is 0.318. The third kappa shape index (κ3) is 4.86. The lowest BCUT2D eigenvalue weighted by atomic mass is 10.1. The van der Waals surface area contributed by atoms with E-state index in [9.17, 15) is 4.79 Å². The summed E-state index contributed by atoms with van der Waals surface area (Å²) in [6.45, 7) is 5.74. The summed E-state index contributed by atoms with van der Waals surface area (Å²) < 4.78 is 21.7. The predicted octanol–water partition coefficient (Wildman–Crippen LogP) is 7.01. The lowest BCUT2D eigenvalue weighted by molar-refractivity contribution is 0.00689. The van der Waals surface area contributed by atoms with Crippen LogP contribution in [-0.2, 0) is 18.4 Å². The molecule has 0 saturated heterocycles. The smallest absolute Gasteiger partial charge is 0.341 e. The Hall–Kier alpha value is -1.51. The normalized spacial score (nSPS) is 11.6. The summed E-state index contributed by atoms with van der Waals surface area (Å²) in [6.07, 6.45) is 0. The molecule has 8 heteroatoms. The molecule has 0 radical (unpaired) electrons. The zero-order valence-electron chi connectivity index (χ0n) is 17.3. The van der Waals surface area contributed by atoms with Crippen LogP contribution in [-0.4, -0.2) is 23.2 Å². The van der Waals surface area contributed by atoms with Gasteiger partial charge in [0, 0.05) is 16.9 Å². The second kappa shape index (κ2) is 8.93. The predicted molar refractivity (Wildman–Crippen MR) is 129 cm³/mol. The van der Waals surface area contributed by atoms with Crippen molar-refractivity contribution >= 4 is 64.7 Å². The Morgan fingerprint density at radius 1 is 1.03 bits per heavy atom. The number of aryl methyl sites for hydroxylation is 1. The largest absolute Gasteiger partial charge is 0.496 e. The number of hydrogen-bond acceptors (Lipinski definition) is 4. The Bertz CT molecular complexity index is 1120. The number of aromatic nitrogens is 1. The molecule has 0 bridgehead atoms. The first-order valence-electron chi connectivity index (χ1n) is 9.18. The summed E-state index contributed by atoms with van der Waals surface area (Å²) in [5, 5.41) is 0.750. The first-order valence-corrected chi connectivity index (χ1v) is 11.6. The van der Waals surface area contributed by atoms with Gasteiger partial charge in [0.25, 0.3) is 0 Å². The third-order valence-corrected chi connectivity index (χ3v) is 6.19. The zero-order valence-corrected chi connectivity index (χ0v) is 22.1. The fourth-order valence-corrected chi connectivity index (χ4v) is 4.76. The maximum Gasteiger partial charge on any atom is 0.341 e. The summed E-state index contributed by atoms with van der Waals surface area (Å²) in [5.41, 5.74) is 1.44. The number of nitrogens with zero attached hydrogens (tertiary/aromatic N) is 1. The van der Waals surface area contributed by atoms with Gasteiger partial charge in [-0.3, -0.25) is 0 Å². The van der Waals surface area contributed by atoms with Crippen molar-refractivity contribution in [3.8, 4) is 11.5 Å². The van der Waals surface area contributed by atoms with Crippen LogP contribution >= 0.6 is 47.8 Å². The average molecular weight is 604 g/mol. The van der Waals surface area contributed by atoms with E-state index >= 15 is 0 Å². The molecule has 0 atom stereocenters. The first-order chi connectivity index (χ1) is 14.0. The number of methoxy groups -OCH3 is 1. The summed E-state index contributed by atoms with van der Waals surface area (Å²) in [5.74, 6) is 0.921. The van der Waals surface area contributed by atoms with Crippen molar-refractivity contribution in [3.63, 3.8) is 0 Å². The van der Waals surface area contributed by atoms with Crippen molar-refractivity contribution < 1.29 is 19.0 Å². The number of benzene rings is 2. The Morgan fingerprint density at radius 2 is 1.70 bits per heavy atom. The number of carbonyl (C=O) groups is 1. The van der Waals surface area contributed by atoms with Crippen molar-refractivity contribution in [1.29, 1.82) is 0 Å². The lowest BCUT2D eigenvalue weighted by Crippen LogP contribution is -2.24. The molecule has 0 amide bonds. The summed E-state index contributed by atoms with van der Waals surface area (Å²) in [6, 6.07) is 9.45. The van der Waals surface area contributed by atoms with Crippen LogP contribution in [0, 0.1) is 0 Å². The summed E-state index contributed by atoms with van der Waals surface area (Å²) >= 11 is 10.5. The molecule has 2 aromatic carbocycles. The molecule has 0 fully saturated rings. The van der Waals surface area contributed by atoms with Gasteiger partial charge in [-0.2, -0.15) is 0 Å². The van der Waals surface area contributed by atoms with E-state index in [4.69, 9.17) is 14.2 Å². The topological polar surface area (TPSA) is 49.7 Å². The average Bonchev–Trinajstić information content (AvgIpc) is 2.90. The molecule has 1 aromatic heterocycles. The standard InChI is InChI=1S/C22H22Br3NO4/c1-22(2,3)30-21(27)20-13-9-19(28-5)15(25)10-16(13)26(4)17(20)11-29-18-7-6-12(23)8-14(18)24/h6-10H,11H2,1-5H3. The maximum atomic E-state index is 13.2. The van der Waals surface area contributed by atoms with E-state index in [-0.39, 0.29) is 6.61 Å². The first kappa shape index (κ1) is 23.2. The molecule has 5 nitrogen and oxygen atoms in total. The molecule has 0 unspecified atom stereocenters. The highest BCUT2D eigenvalue weighted by molar-refractivity contribution is 9.11. The molecule has 0 aliphatic heterocycles. The van der Waals surface area contributed by atoms with Crippen molar-refractivity contribution in [2.24, 2.45) is 7.05 Å².